The van der Waals surface area contributed by atoms with Gasteiger partial charge in [0.25, 0.3) is 11.5 Å². The largest absolute Gasteiger partial charge is 0.466 e. The van der Waals surface area contributed by atoms with Gasteiger partial charge in [-0.2, -0.15) is 0 Å². The number of carbonyl (C=O) groups excluding carboxylic acids is 2. The van der Waals surface area contributed by atoms with Crippen molar-refractivity contribution >= 4 is 17.4 Å². The molecule has 1 aliphatic rings. The molecule has 0 saturated carbocycles. The highest BCUT2D eigenvalue weighted by Crippen LogP contribution is 2.21. The number of esters is 1. The second-order valence-electron chi connectivity index (χ2n) is 6.94. The molecule has 2 aromatic heterocycles. The van der Waals surface area contributed by atoms with Crippen LogP contribution in [-0.4, -0.2) is 56.3 Å². The first-order valence-corrected chi connectivity index (χ1v) is 9.58. The second kappa shape index (κ2) is 7.86. The minimum absolute atomic E-state index is 0.0182. The zero-order valence-electron chi connectivity index (χ0n) is 16.0. The minimum atomic E-state index is -0.446. The summed E-state index contributed by atoms with van der Waals surface area (Å²) < 4.78 is 6.40. The van der Waals surface area contributed by atoms with Crippen LogP contribution in [0.25, 0.3) is 16.8 Å². The third-order valence-electron chi connectivity index (χ3n) is 5.03. The van der Waals surface area contributed by atoms with Crippen LogP contribution in [0, 0.1) is 5.92 Å². The van der Waals surface area contributed by atoms with E-state index in [1.807, 2.05) is 30.3 Å². The molecule has 0 unspecified atom stereocenters. The van der Waals surface area contributed by atoms with Crippen LogP contribution in [0.2, 0.25) is 0 Å². The molecule has 0 bridgehead atoms. The van der Waals surface area contributed by atoms with E-state index in [-0.39, 0.29) is 29.6 Å². The number of rotatable bonds is 4. The topological polar surface area (TPSA) is 110 Å². The Morgan fingerprint density at radius 2 is 2.07 bits per heavy atom. The van der Waals surface area contributed by atoms with E-state index in [1.165, 1.54) is 4.52 Å². The van der Waals surface area contributed by atoms with Crippen molar-refractivity contribution in [3.05, 3.63) is 52.6 Å². The van der Waals surface area contributed by atoms with Crippen LogP contribution < -0.4 is 5.56 Å². The van der Waals surface area contributed by atoms with Gasteiger partial charge in [0.1, 0.15) is 0 Å². The van der Waals surface area contributed by atoms with Crippen LogP contribution in [0.15, 0.2) is 41.3 Å². The number of carbonyl (C=O) groups is 2. The smallest absolute Gasteiger partial charge is 0.310 e. The van der Waals surface area contributed by atoms with Crippen LogP contribution in [-0.2, 0) is 9.53 Å². The van der Waals surface area contributed by atoms with Crippen molar-refractivity contribution < 1.29 is 14.3 Å². The van der Waals surface area contributed by atoms with Gasteiger partial charge in [0.2, 0.25) is 0 Å². The molecule has 1 amide bonds. The van der Waals surface area contributed by atoms with Crippen molar-refractivity contribution in [3.8, 4) is 11.3 Å². The van der Waals surface area contributed by atoms with Gasteiger partial charge in [-0.15, -0.1) is 5.10 Å². The number of fused-ring (bicyclic) bond motifs is 1. The number of likely N-dealkylation sites (tertiary alicyclic amines) is 1. The number of hydrogen-bond donors (Lipinski definition) is 1. The predicted molar refractivity (Wildman–Crippen MR) is 104 cm³/mol. The van der Waals surface area contributed by atoms with Gasteiger partial charge in [-0.3, -0.25) is 14.4 Å². The highest BCUT2D eigenvalue weighted by molar-refractivity contribution is 5.98. The van der Waals surface area contributed by atoms with Gasteiger partial charge in [-0.1, -0.05) is 35.5 Å². The van der Waals surface area contributed by atoms with Gasteiger partial charge >= 0.3 is 5.97 Å². The third-order valence-corrected chi connectivity index (χ3v) is 5.03. The molecule has 1 atom stereocenters. The molecule has 1 N–H and O–H groups in total. The molecular formula is C20H21N5O4. The summed E-state index contributed by atoms with van der Waals surface area (Å²) in [5.41, 5.74) is 1.03. The minimum Gasteiger partial charge on any atom is -0.466 e. The zero-order valence-corrected chi connectivity index (χ0v) is 16.0. The number of nitrogens with zero attached hydrogens (tertiary/aromatic N) is 4. The maximum absolute atomic E-state index is 13.0. The first-order chi connectivity index (χ1) is 14.1. The van der Waals surface area contributed by atoms with Gasteiger partial charge in [0, 0.05) is 13.1 Å². The Labute approximate surface area is 166 Å². The summed E-state index contributed by atoms with van der Waals surface area (Å²) in [5, 5.41) is 7.93. The molecule has 9 nitrogen and oxygen atoms in total. The first-order valence-electron chi connectivity index (χ1n) is 9.58. The number of aromatic nitrogens is 4. The van der Waals surface area contributed by atoms with E-state index in [9.17, 15) is 14.4 Å². The normalized spacial score (nSPS) is 16.7. The molecule has 1 fully saturated rings. The first kappa shape index (κ1) is 18.9. The Balaban J connectivity index is 1.63. The lowest BCUT2D eigenvalue weighted by molar-refractivity contribution is -0.149. The number of aromatic amines is 1. The van der Waals surface area contributed by atoms with Crippen LogP contribution in [0.1, 0.15) is 30.3 Å². The van der Waals surface area contributed by atoms with Crippen LogP contribution in [0.4, 0.5) is 0 Å². The Kier molecular flexibility index (Phi) is 5.11. The molecule has 1 aromatic carbocycles. The standard InChI is InChI=1S/C20H21N5O4/c1-2-29-20(28)14-9-6-10-24(11-14)19(27)16-17-18(26)21-15(12-25(17)23-22-16)13-7-4-3-5-8-13/h3-5,7-8,12,14H,2,6,9-11H2,1H3,(H,21,26)/t14-/m0/s1. The lowest BCUT2D eigenvalue weighted by Gasteiger charge is -2.30. The van der Waals surface area contributed by atoms with Crippen molar-refractivity contribution in [3.63, 3.8) is 0 Å². The molecule has 3 heterocycles. The summed E-state index contributed by atoms with van der Waals surface area (Å²) in [6.45, 7) is 2.80. The van der Waals surface area contributed by atoms with E-state index in [0.717, 1.165) is 5.56 Å². The predicted octanol–water partition coefficient (Wildman–Crippen LogP) is 1.50. The van der Waals surface area contributed by atoms with Gasteiger partial charge in [-0.05, 0) is 25.3 Å². The molecular weight excluding hydrogens is 374 g/mol. The summed E-state index contributed by atoms with van der Waals surface area (Å²) in [4.78, 5) is 42.1. The van der Waals surface area contributed by atoms with Crippen molar-refractivity contribution in [2.24, 2.45) is 5.92 Å². The number of ether oxygens (including phenoxy) is 1. The third kappa shape index (κ3) is 3.63. The molecule has 0 spiro atoms. The molecule has 3 aromatic rings. The van der Waals surface area contributed by atoms with Gasteiger partial charge < -0.3 is 14.6 Å². The van der Waals surface area contributed by atoms with E-state index in [1.54, 1.807) is 18.0 Å². The Hall–Kier alpha value is -3.49. The maximum atomic E-state index is 13.0. The fraction of sp³-hybridized carbons (Fsp3) is 0.350. The Morgan fingerprint density at radius 1 is 1.28 bits per heavy atom. The number of nitrogens with one attached hydrogen (secondary N) is 1. The molecule has 4 rings (SSSR count). The highest BCUT2D eigenvalue weighted by Gasteiger charge is 2.32. The van der Waals surface area contributed by atoms with Crippen LogP contribution in [0.5, 0.6) is 0 Å². The van der Waals surface area contributed by atoms with Crippen molar-refractivity contribution in [1.82, 2.24) is 24.7 Å². The summed E-state index contributed by atoms with van der Waals surface area (Å²) >= 11 is 0. The summed E-state index contributed by atoms with van der Waals surface area (Å²) in [7, 11) is 0. The monoisotopic (exact) mass is 395 g/mol. The van der Waals surface area contributed by atoms with E-state index >= 15 is 0 Å². The fourth-order valence-corrected chi connectivity index (χ4v) is 3.60. The SMILES string of the molecule is CCOC(=O)[C@H]1CCCN(C(=O)c2nnn3cc(-c4ccccc4)[nH]c(=O)c23)C1. The van der Waals surface area contributed by atoms with E-state index in [2.05, 4.69) is 15.3 Å². The molecule has 29 heavy (non-hydrogen) atoms. The van der Waals surface area contributed by atoms with Crippen LogP contribution >= 0.6 is 0 Å². The van der Waals surface area contributed by atoms with E-state index in [0.29, 0.717) is 31.7 Å². The van der Waals surface area contributed by atoms with Crippen molar-refractivity contribution in [2.45, 2.75) is 19.8 Å². The lowest BCUT2D eigenvalue weighted by atomic mass is 9.98. The lowest BCUT2D eigenvalue weighted by Crippen LogP contribution is -2.43. The van der Waals surface area contributed by atoms with E-state index in [4.69, 9.17) is 4.74 Å². The summed E-state index contributed by atoms with van der Waals surface area (Å²) in [6.07, 6.45) is 2.99. The molecule has 1 aliphatic heterocycles. The molecule has 0 radical (unpaired) electrons. The molecule has 150 valence electrons. The van der Waals surface area contributed by atoms with Crippen LogP contribution in [0.3, 0.4) is 0 Å². The second-order valence-corrected chi connectivity index (χ2v) is 6.94. The van der Waals surface area contributed by atoms with Gasteiger partial charge in [0.15, 0.2) is 11.2 Å². The zero-order chi connectivity index (χ0) is 20.4. The van der Waals surface area contributed by atoms with Crippen molar-refractivity contribution in [2.75, 3.05) is 19.7 Å². The number of benzene rings is 1. The Morgan fingerprint density at radius 3 is 2.83 bits per heavy atom. The molecule has 0 aliphatic carbocycles. The number of hydrogen-bond acceptors (Lipinski definition) is 6. The average Bonchev–Trinajstić information content (AvgIpc) is 3.19. The number of amides is 1. The summed E-state index contributed by atoms with van der Waals surface area (Å²) in [5.74, 6) is -1.08. The summed E-state index contributed by atoms with van der Waals surface area (Å²) in [6, 6.07) is 9.34. The molecule has 1 saturated heterocycles. The van der Waals surface area contributed by atoms with Crippen molar-refractivity contribution in [1.29, 1.82) is 0 Å². The quantitative estimate of drug-likeness (QED) is 0.671. The number of piperidine rings is 1. The van der Waals surface area contributed by atoms with E-state index < -0.39 is 11.5 Å². The highest BCUT2D eigenvalue weighted by atomic mass is 16.5. The molecule has 9 heteroatoms. The number of H-pyrrole nitrogens is 1. The van der Waals surface area contributed by atoms with Gasteiger partial charge in [-0.25, -0.2) is 4.52 Å². The fourth-order valence-electron chi connectivity index (χ4n) is 3.60. The Bertz CT molecular complexity index is 1110. The van der Waals surface area contributed by atoms with Gasteiger partial charge in [0.05, 0.1) is 24.4 Å². The average molecular weight is 395 g/mol. The maximum Gasteiger partial charge on any atom is 0.310 e.